The van der Waals surface area contributed by atoms with E-state index in [0.717, 1.165) is 30.1 Å². The van der Waals surface area contributed by atoms with E-state index < -0.39 is 6.04 Å². The quantitative estimate of drug-likeness (QED) is 0.718. The first kappa shape index (κ1) is 13.3. The van der Waals surface area contributed by atoms with E-state index >= 15 is 0 Å². The van der Waals surface area contributed by atoms with Crippen LogP contribution in [0.1, 0.15) is 52.4 Å². The fraction of sp³-hybridized carbons (Fsp3) is 0.933. The molecule has 0 saturated heterocycles. The summed E-state index contributed by atoms with van der Waals surface area (Å²) in [7, 11) is 0. The SMILES string of the molecule is CCP(=S)(CC)C(=O)C12CC3CC(CC(C3)C1)C2. The number of carbonyl (C=O) groups excluding carboxylic acids is 1. The lowest BCUT2D eigenvalue weighted by molar-refractivity contribution is -0.134. The molecule has 1 nitrogen and oxygen atoms in total. The molecule has 4 saturated carbocycles. The van der Waals surface area contributed by atoms with Crippen molar-refractivity contribution >= 4 is 23.4 Å². The van der Waals surface area contributed by atoms with Crippen LogP contribution in [0.3, 0.4) is 0 Å². The molecule has 18 heavy (non-hydrogen) atoms. The van der Waals surface area contributed by atoms with Crippen molar-refractivity contribution in [2.24, 2.45) is 23.2 Å². The van der Waals surface area contributed by atoms with E-state index in [4.69, 9.17) is 11.8 Å². The fourth-order valence-corrected chi connectivity index (χ4v) is 8.06. The van der Waals surface area contributed by atoms with Crippen LogP contribution in [0.4, 0.5) is 0 Å². The summed E-state index contributed by atoms with van der Waals surface area (Å²) in [5, 5.41) is 0. The Bertz CT molecular complexity index is 371. The van der Waals surface area contributed by atoms with E-state index in [2.05, 4.69) is 13.8 Å². The molecule has 4 aliphatic carbocycles. The highest BCUT2D eigenvalue weighted by Crippen LogP contribution is 2.65. The minimum Gasteiger partial charge on any atom is -0.293 e. The third kappa shape index (κ3) is 1.86. The van der Waals surface area contributed by atoms with Crippen molar-refractivity contribution < 1.29 is 4.79 Å². The second-order valence-electron chi connectivity index (χ2n) is 7.02. The van der Waals surface area contributed by atoms with Crippen molar-refractivity contribution in [2.45, 2.75) is 52.4 Å². The molecule has 3 heteroatoms. The molecule has 0 atom stereocenters. The van der Waals surface area contributed by atoms with Crippen LogP contribution in [0.15, 0.2) is 0 Å². The average molecular weight is 284 g/mol. The highest BCUT2D eigenvalue weighted by atomic mass is 32.4. The lowest BCUT2D eigenvalue weighted by atomic mass is 9.50. The minimum atomic E-state index is -1.73. The molecular weight excluding hydrogens is 259 g/mol. The molecule has 0 amide bonds. The summed E-state index contributed by atoms with van der Waals surface area (Å²) < 4.78 is 0. The molecule has 0 radical (unpaired) electrons. The molecule has 4 aliphatic rings. The van der Waals surface area contributed by atoms with Gasteiger partial charge in [-0.15, -0.1) is 0 Å². The summed E-state index contributed by atoms with van der Waals surface area (Å²) >= 11 is 5.82. The normalized spacial score (nSPS) is 42.2. The molecule has 0 unspecified atom stereocenters. The van der Waals surface area contributed by atoms with Crippen LogP contribution in [0.2, 0.25) is 0 Å². The van der Waals surface area contributed by atoms with Gasteiger partial charge >= 0.3 is 0 Å². The molecule has 0 aromatic heterocycles. The van der Waals surface area contributed by atoms with Crippen molar-refractivity contribution in [3.8, 4) is 0 Å². The summed E-state index contributed by atoms with van der Waals surface area (Å²) in [5.41, 5.74) is 0.616. The van der Waals surface area contributed by atoms with E-state index in [0.29, 0.717) is 5.52 Å². The van der Waals surface area contributed by atoms with E-state index in [9.17, 15) is 4.79 Å². The Balaban J connectivity index is 1.92. The number of carbonyl (C=O) groups is 1. The predicted octanol–water partition coefficient (Wildman–Crippen LogP) is 4.25. The molecule has 4 bridgehead atoms. The van der Waals surface area contributed by atoms with Gasteiger partial charge in [0.05, 0.1) is 0 Å². The van der Waals surface area contributed by atoms with Crippen molar-refractivity contribution in [1.82, 2.24) is 0 Å². The fourth-order valence-electron chi connectivity index (χ4n) is 5.32. The van der Waals surface area contributed by atoms with Gasteiger partial charge in [0.2, 0.25) is 0 Å². The Labute approximate surface area is 116 Å². The molecule has 4 fully saturated rings. The third-order valence-electron chi connectivity index (χ3n) is 5.88. The van der Waals surface area contributed by atoms with Crippen LogP contribution in [0, 0.1) is 23.2 Å². The largest absolute Gasteiger partial charge is 0.293 e. The molecule has 4 rings (SSSR count). The number of hydrogen-bond donors (Lipinski definition) is 0. The zero-order chi connectivity index (χ0) is 13.0. The molecule has 0 heterocycles. The van der Waals surface area contributed by atoms with Gasteiger partial charge in [-0.25, -0.2) is 0 Å². The van der Waals surface area contributed by atoms with Crippen LogP contribution < -0.4 is 0 Å². The highest BCUT2D eigenvalue weighted by Gasteiger charge is 2.56. The van der Waals surface area contributed by atoms with Gasteiger partial charge in [-0.05, 0) is 68.6 Å². The molecule has 0 aromatic carbocycles. The van der Waals surface area contributed by atoms with Crippen molar-refractivity contribution in [2.75, 3.05) is 12.3 Å². The predicted molar refractivity (Wildman–Crippen MR) is 81.0 cm³/mol. The molecule has 0 aromatic rings. The third-order valence-corrected chi connectivity index (χ3v) is 11.2. The molecule has 0 aliphatic heterocycles. The summed E-state index contributed by atoms with van der Waals surface area (Å²) in [4.78, 5) is 13.1. The highest BCUT2D eigenvalue weighted by molar-refractivity contribution is 8.22. The first-order chi connectivity index (χ1) is 8.51. The van der Waals surface area contributed by atoms with Gasteiger partial charge in [0.1, 0.15) is 0 Å². The van der Waals surface area contributed by atoms with Crippen LogP contribution >= 0.6 is 6.04 Å². The molecule has 102 valence electrons. The van der Waals surface area contributed by atoms with E-state index in [1.807, 2.05) is 0 Å². The van der Waals surface area contributed by atoms with E-state index in [1.165, 1.54) is 38.5 Å². The van der Waals surface area contributed by atoms with Crippen LogP contribution in [0.25, 0.3) is 0 Å². The van der Waals surface area contributed by atoms with Gasteiger partial charge in [0.15, 0.2) is 5.52 Å². The standard InChI is InChI=1S/C15H25OPS/c1-3-17(18,4-2)14(16)15-8-11-5-12(9-15)7-13(6-11)10-15/h11-13H,3-10H2,1-2H3. The average Bonchev–Trinajstić information content (AvgIpc) is 2.35. The summed E-state index contributed by atoms with van der Waals surface area (Å²) in [6, 6.07) is -1.73. The smallest absolute Gasteiger partial charge is 0.170 e. The van der Waals surface area contributed by atoms with Gasteiger partial charge < -0.3 is 0 Å². The minimum absolute atomic E-state index is 0.0519. The number of rotatable bonds is 4. The maximum absolute atomic E-state index is 13.1. The van der Waals surface area contributed by atoms with Gasteiger partial charge in [-0.2, -0.15) is 0 Å². The first-order valence-corrected chi connectivity index (χ1v) is 10.8. The molecule has 0 N–H and O–H groups in total. The summed E-state index contributed by atoms with van der Waals surface area (Å²) in [5.74, 6) is 2.58. The van der Waals surface area contributed by atoms with Crippen LogP contribution in [0.5, 0.6) is 0 Å². The second kappa shape index (κ2) is 4.42. The topological polar surface area (TPSA) is 17.1 Å². The lowest BCUT2D eigenvalue weighted by Crippen LogP contribution is -2.50. The number of hydrogen-bond acceptors (Lipinski definition) is 2. The monoisotopic (exact) mass is 284 g/mol. The summed E-state index contributed by atoms with van der Waals surface area (Å²) in [6.07, 6.45) is 9.69. The van der Waals surface area contributed by atoms with E-state index in [-0.39, 0.29) is 5.41 Å². The van der Waals surface area contributed by atoms with E-state index in [1.54, 1.807) is 0 Å². The van der Waals surface area contributed by atoms with Gasteiger partial charge in [0.25, 0.3) is 0 Å². The maximum atomic E-state index is 13.1. The maximum Gasteiger partial charge on any atom is 0.170 e. The Morgan fingerprint density at radius 2 is 1.44 bits per heavy atom. The van der Waals surface area contributed by atoms with Crippen LogP contribution in [-0.4, -0.2) is 17.8 Å². The van der Waals surface area contributed by atoms with Crippen LogP contribution in [-0.2, 0) is 16.6 Å². The Morgan fingerprint density at radius 3 is 1.78 bits per heavy atom. The molecule has 0 spiro atoms. The Hall–Kier alpha value is 0.320. The summed E-state index contributed by atoms with van der Waals surface area (Å²) in [6.45, 7) is 4.28. The van der Waals surface area contributed by atoms with Crippen molar-refractivity contribution in [1.29, 1.82) is 0 Å². The zero-order valence-electron chi connectivity index (χ0n) is 11.7. The van der Waals surface area contributed by atoms with Crippen molar-refractivity contribution in [3.63, 3.8) is 0 Å². The Kier molecular flexibility index (Phi) is 3.27. The second-order valence-corrected chi connectivity index (χ2v) is 12.6. The van der Waals surface area contributed by atoms with Gasteiger partial charge in [0, 0.05) is 11.5 Å². The molecular formula is C15H25OPS. The first-order valence-electron chi connectivity index (χ1n) is 7.64. The van der Waals surface area contributed by atoms with Gasteiger partial charge in [-0.1, -0.05) is 25.7 Å². The zero-order valence-corrected chi connectivity index (χ0v) is 13.4. The van der Waals surface area contributed by atoms with Crippen molar-refractivity contribution in [3.05, 3.63) is 0 Å². The Morgan fingerprint density at radius 1 is 1.06 bits per heavy atom. The van der Waals surface area contributed by atoms with Gasteiger partial charge in [-0.3, -0.25) is 4.79 Å². The lowest BCUT2D eigenvalue weighted by Gasteiger charge is -2.56.